The van der Waals surface area contributed by atoms with E-state index in [0.717, 1.165) is 35.0 Å². The summed E-state index contributed by atoms with van der Waals surface area (Å²) >= 11 is 0. The third kappa shape index (κ3) is 2.05. The Morgan fingerprint density at radius 2 is 1.89 bits per heavy atom. The summed E-state index contributed by atoms with van der Waals surface area (Å²) in [6.07, 6.45) is 5.26. The van der Waals surface area contributed by atoms with Crippen LogP contribution in [0.25, 0.3) is 22.2 Å². The number of rotatable bonds is 3. The zero-order valence-corrected chi connectivity index (χ0v) is 10.7. The van der Waals surface area contributed by atoms with E-state index in [1.165, 1.54) is 4.73 Å². The van der Waals surface area contributed by atoms with Crippen LogP contribution < -0.4 is 0 Å². The molecule has 4 heteroatoms. The number of nitrogens with zero attached hydrogens (tertiary/aromatic N) is 3. The highest BCUT2D eigenvalue weighted by molar-refractivity contribution is 5.82. The number of aryl methyl sites for hydroxylation is 1. The van der Waals surface area contributed by atoms with E-state index in [4.69, 9.17) is 0 Å². The van der Waals surface area contributed by atoms with Gasteiger partial charge in [0.1, 0.15) is 11.3 Å². The second-order valence-electron chi connectivity index (χ2n) is 4.53. The quantitative estimate of drug-likeness (QED) is 0.729. The Bertz CT molecular complexity index is 704. The Labute approximate surface area is 111 Å². The Balaban J connectivity index is 2.13. The fourth-order valence-corrected chi connectivity index (χ4v) is 2.22. The van der Waals surface area contributed by atoms with E-state index in [2.05, 4.69) is 16.9 Å². The van der Waals surface area contributed by atoms with Crippen LogP contribution >= 0.6 is 0 Å². The lowest BCUT2D eigenvalue weighted by Gasteiger charge is -2.02. The molecule has 0 spiro atoms. The van der Waals surface area contributed by atoms with Crippen molar-refractivity contribution >= 4 is 11.0 Å². The van der Waals surface area contributed by atoms with E-state index in [1.807, 2.05) is 30.3 Å². The monoisotopic (exact) mass is 253 g/mol. The van der Waals surface area contributed by atoms with Crippen molar-refractivity contribution in [1.82, 2.24) is 14.7 Å². The van der Waals surface area contributed by atoms with Gasteiger partial charge < -0.3 is 5.21 Å². The van der Waals surface area contributed by atoms with Gasteiger partial charge in [-0.15, -0.1) is 0 Å². The minimum absolute atomic E-state index is 0.712. The molecule has 3 aromatic rings. The molecule has 3 rings (SSSR count). The Morgan fingerprint density at radius 3 is 2.63 bits per heavy atom. The Kier molecular flexibility index (Phi) is 2.91. The smallest absolute Gasteiger partial charge is 0.145 e. The number of fused-ring (bicyclic) bond motifs is 1. The van der Waals surface area contributed by atoms with Crippen molar-refractivity contribution in [2.75, 3.05) is 0 Å². The number of aromatic nitrogens is 3. The van der Waals surface area contributed by atoms with Crippen LogP contribution in [-0.4, -0.2) is 19.9 Å². The molecule has 2 aromatic heterocycles. The SMILES string of the molecule is CCCc1nc2ccc(-c3ccncc3)cc2n1O. The predicted octanol–water partition coefficient (Wildman–Crippen LogP) is 3.29. The molecule has 0 fully saturated rings. The van der Waals surface area contributed by atoms with Gasteiger partial charge in [0.25, 0.3) is 0 Å². The van der Waals surface area contributed by atoms with Crippen molar-refractivity contribution in [2.24, 2.45) is 0 Å². The molecule has 0 aliphatic rings. The summed E-state index contributed by atoms with van der Waals surface area (Å²) in [5.41, 5.74) is 3.70. The Morgan fingerprint density at radius 1 is 1.11 bits per heavy atom. The van der Waals surface area contributed by atoms with Gasteiger partial charge in [-0.1, -0.05) is 13.0 Å². The standard InChI is InChI=1S/C15H15N3O/c1-2-3-15-17-13-5-4-12(10-14(13)18(15)19)11-6-8-16-9-7-11/h4-10,19H,2-3H2,1H3. The molecule has 96 valence electrons. The lowest BCUT2D eigenvalue weighted by molar-refractivity contribution is 0.187. The number of benzene rings is 1. The van der Waals surface area contributed by atoms with E-state index in [9.17, 15) is 5.21 Å². The first kappa shape index (κ1) is 11.7. The second kappa shape index (κ2) is 4.72. The van der Waals surface area contributed by atoms with Crippen molar-refractivity contribution in [3.05, 3.63) is 48.5 Å². The Hall–Kier alpha value is -2.36. The maximum Gasteiger partial charge on any atom is 0.145 e. The molecule has 0 unspecified atom stereocenters. The number of hydrogen-bond donors (Lipinski definition) is 1. The molecule has 0 saturated heterocycles. The van der Waals surface area contributed by atoms with Crippen molar-refractivity contribution < 1.29 is 5.21 Å². The molecule has 0 atom stereocenters. The maximum absolute atomic E-state index is 10.1. The van der Waals surface area contributed by atoms with E-state index in [0.29, 0.717) is 5.82 Å². The van der Waals surface area contributed by atoms with Gasteiger partial charge in [0.05, 0.1) is 5.52 Å². The molecular weight excluding hydrogens is 238 g/mol. The second-order valence-corrected chi connectivity index (χ2v) is 4.53. The van der Waals surface area contributed by atoms with E-state index < -0.39 is 0 Å². The van der Waals surface area contributed by atoms with Crippen molar-refractivity contribution in [2.45, 2.75) is 19.8 Å². The molecule has 19 heavy (non-hydrogen) atoms. The first-order valence-corrected chi connectivity index (χ1v) is 6.40. The van der Waals surface area contributed by atoms with E-state index >= 15 is 0 Å². The van der Waals surface area contributed by atoms with Crippen LogP contribution in [0.4, 0.5) is 0 Å². The van der Waals surface area contributed by atoms with Gasteiger partial charge in [0.15, 0.2) is 0 Å². The van der Waals surface area contributed by atoms with Gasteiger partial charge in [-0.25, -0.2) is 4.98 Å². The molecular formula is C15H15N3O. The van der Waals surface area contributed by atoms with Gasteiger partial charge in [0, 0.05) is 18.8 Å². The summed E-state index contributed by atoms with van der Waals surface area (Å²) < 4.78 is 1.20. The summed E-state index contributed by atoms with van der Waals surface area (Å²) in [5, 5.41) is 10.1. The molecule has 0 aliphatic heterocycles. The van der Waals surface area contributed by atoms with Crippen LogP contribution in [0.3, 0.4) is 0 Å². The molecule has 0 amide bonds. The summed E-state index contributed by atoms with van der Waals surface area (Å²) in [7, 11) is 0. The fourth-order valence-electron chi connectivity index (χ4n) is 2.22. The summed E-state index contributed by atoms with van der Waals surface area (Å²) in [5.74, 6) is 0.712. The lowest BCUT2D eigenvalue weighted by atomic mass is 10.1. The zero-order chi connectivity index (χ0) is 13.2. The van der Waals surface area contributed by atoms with Crippen LogP contribution in [0.15, 0.2) is 42.7 Å². The normalized spacial score (nSPS) is 11.0. The number of imidazole rings is 1. The summed E-state index contributed by atoms with van der Waals surface area (Å²) in [6, 6.07) is 9.81. The van der Waals surface area contributed by atoms with Crippen LogP contribution in [0.5, 0.6) is 0 Å². The van der Waals surface area contributed by atoms with Crippen molar-refractivity contribution in [3.63, 3.8) is 0 Å². The third-order valence-corrected chi connectivity index (χ3v) is 3.18. The summed E-state index contributed by atoms with van der Waals surface area (Å²) in [6.45, 7) is 2.07. The van der Waals surface area contributed by atoms with Crippen LogP contribution in [0.1, 0.15) is 19.2 Å². The fraction of sp³-hybridized carbons (Fsp3) is 0.200. The minimum Gasteiger partial charge on any atom is -0.427 e. The predicted molar refractivity (Wildman–Crippen MR) is 74.1 cm³/mol. The number of pyridine rings is 1. The average Bonchev–Trinajstić information content (AvgIpc) is 2.77. The molecule has 4 nitrogen and oxygen atoms in total. The highest BCUT2D eigenvalue weighted by Gasteiger charge is 2.10. The zero-order valence-electron chi connectivity index (χ0n) is 10.7. The first-order valence-electron chi connectivity index (χ1n) is 6.40. The molecule has 0 aliphatic carbocycles. The van der Waals surface area contributed by atoms with Gasteiger partial charge in [0.2, 0.25) is 0 Å². The topological polar surface area (TPSA) is 50.9 Å². The van der Waals surface area contributed by atoms with E-state index in [1.54, 1.807) is 12.4 Å². The third-order valence-electron chi connectivity index (χ3n) is 3.18. The lowest BCUT2D eigenvalue weighted by Crippen LogP contribution is -1.98. The molecule has 2 heterocycles. The molecule has 1 N–H and O–H groups in total. The van der Waals surface area contributed by atoms with Gasteiger partial charge in [-0.3, -0.25) is 4.98 Å². The largest absolute Gasteiger partial charge is 0.427 e. The van der Waals surface area contributed by atoms with E-state index in [-0.39, 0.29) is 0 Å². The van der Waals surface area contributed by atoms with Crippen LogP contribution in [0.2, 0.25) is 0 Å². The summed E-state index contributed by atoms with van der Waals surface area (Å²) in [4.78, 5) is 8.45. The van der Waals surface area contributed by atoms with Crippen LogP contribution in [-0.2, 0) is 6.42 Å². The van der Waals surface area contributed by atoms with Crippen LogP contribution in [0, 0.1) is 0 Å². The molecule has 0 saturated carbocycles. The van der Waals surface area contributed by atoms with Crippen molar-refractivity contribution in [3.8, 4) is 11.1 Å². The molecule has 1 aromatic carbocycles. The molecule has 0 radical (unpaired) electrons. The van der Waals surface area contributed by atoms with Gasteiger partial charge >= 0.3 is 0 Å². The van der Waals surface area contributed by atoms with Gasteiger partial charge in [-0.2, -0.15) is 4.73 Å². The maximum atomic E-state index is 10.1. The highest BCUT2D eigenvalue weighted by atomic mass is 16.5. The van der Waals surface area contributed by atoms with Crippen molar-refractivity contribution in [1.29, 1.82) is 0 Å². The molecule has 0 bridgehead atoms. The van der Waals surface area contributed by atoms with Gasteiger partial charge in [-0.05, 0) is 41.8 Å². The number of hydrogen-bond acceptors (Lipinski definition) is 3. The average molecular weight is 253 g/mol. The highest BCUT2D eigenvalue weighted by Crippen LogP contribution is 2.24. The first-order chi connectivity index (χ1) is 9.29. The minimum atomic E-state index is 0.712.